The van der Waals surface area contributed by atoms with Gasteiger partial charge in [0.2, 0.25) is 0 Å². The van der Waals surface area contributed by atoms with Gasteiger partial charge in [0.1, 0.15) is 17.7 Å². The van der Waals surface area contributed by atoms with Gasteiger partial charge in [-0.1, -0.05) is 0 Å². The molecule has 0 saturated heterocycles. The van der Waals surface area contributed by atoms with E-state index < -0.39 is 0 Å². The minimum Gasteiger partial charge on any atom is -0.192 e. The number of nitrogens with zero attached hydrogens (tertiary/aromatic N) is 2. The molecule has 3 aromatic heterocycles. The third kappa shape index (κ3) is 3.28. The van der Waals surface area contributed by atoms with Crippen molar-refractivity contribution in [3.8, 4) is 31.6 Å². The second-order valence-electron chi connectivity index (χ2n) is 4.98. The Kier molecular flexibility index (Phi) is 4.45. The van der Waals surface area contributed by atoms with Crippen LogP contribution in [-0.2, 0) is 0 Å². The molecule has 0 atom stereocenters. The molecule has 0 saturated carbocycles. The number of allylic oxidation sites excluding steroid dienone is 1. The lowest BCUT2D eigenvalue weighted by molar-refractivity contribution is 1.47. The van der Waals surface area contributed by atoms with Gasteiger partial charge in [-0.15, -0.1) is 34.0 Å². The molecular weight excluding hydrogens is 340 g/mol. The van der Waals surface area contributed by atoms with Crippen LogP contribution in [0.1, 0.15) is 15.3 Å². The lowest BCUT2D eigenvalue weighted by Gasteiger charge is -1.90. The molecular formula is C18H12N2S3. The molecule has 23 heavy (non-hydrogen) atoms. The van der Waals surface area contributed by atoms with Gasteiger partial charge < -0.3 is 0 Å². The Morgan fingerprint density at radius 1 is 0.870 bits per heavy atom. The van der Waals surface area contributed by atoms with Gasteiger partial charge in [0, 0.05) is 29.3 Å². The molecule has 0 N–H and O–H groups in total. The summed E-state index contributed by atoms with van der Waals surface area (Å²) >= 11 is 5.27. The van der Waals surface area contributed by atoms with Crippen molar-refractivity contribution in [2.45, 2.75) is 13.8 Å². The Hall–Kier alpha value is -2.18. The molecule has 0 aliphatic carbocycles. The van der Waals surface area contributed by atoms with Crippen LogP contribution in [0.4, 0.5) is 0 Å². The third-order valence-electron chi connectivity index (χ3n) is 3.33. The normalized spacial score (nSPS) is 10.1. The van der Waals surface area contributed by atoms with Crippen LogP contribution in [0.15, 0.2) is 35.9 Å². The summed E-state index contributed by atoms with van der Waals surface area (Å²) in [6.07, 6.45) is 1.66. The highest BCUT2D eigenvalue weighted by molar-refractivity contribution is 7.26. The standard InChI is InChI=1S/C18H12N2S3/c1-11-3-4-15(21-11)16-5-6-17(23-16)18-8-14(12(2)22-18)7-13(9-19)10-20/h3-8H,1-2H3. The van der Waals surface area contributed by atoms with Crippen molar-refractivity contribution in [1.82, 2.24) is 0 Å². The van der Waals surface area contributed by atoms with E-state index in [9.17, 15) is 0 Å². The van der Waals surface area contributed by atoms with Crippen molar-refractivity contribution in [2.75, 3.05) is 0 Å². The summed E-state index contributed by atoms with van der Waals surface area (Å²) in [6.45, 7) is 4.13. The minimum absolute atomic E-state index is 0.137. The molecule has 0 unspecified atom stereocenters. The van der Waals surface area contributed by atoms with Crippen molar-refractivity contribution < 1.29 is 0 Å². The van der Waals surface area contributed by atoms with E-state index in [-0.39, 0.29) is 5.57 Å². The van der Waals surface area contributed by atoms with Crippen LogP contribution < -0.4 is 0 Å². The van der Waals surface area contributed by atoms with Gasteiger partial charge in [-0.05, 0) is 55.8 Å². The Bertz CT molecular complexity index is 955. The van der Waals surface area contributed by atoms with E-state index in [2.05, 4.69) is 37.3 Å². The molecule has 0 aliphatic rings. The summed E-state index contributed by atoms with van der Waals surface area (Å²) in [6, 6.07) is 14.5. The first kappa shape index (κ1) is 15.7. The Morgan fingerprint density at radius 3 is 2.09 bits per heavy atom. The summed E-state index contributed by atoms with van der Waals surface area (Å²) < 4.78 is 0. The molecule has 5 heteroatoms. The Labute approximate surface area is 147 Å². The SMILES string of the molecule is Cc1ccc(-c2ccc(-c3cc(C=C(C#N)C#N)c(C)s3)s2)s1. The van der Waals surface area contributed by atoms with Crippen LogP contribution in [0, 0.1) is 36.5 Å². The quantitative estimate of drug-likeness (QED) is 0.523. The van der Waals surface area contributed by atoms with E-state index in [0.29, 0.717) is 0 Å². The average Bonchev–Trinajstić information content (AvgIpc) is 3.24. The predicted octanol–water partition coefficient (Wildman–Crippen LogP) is 6.25. The van der Waals surface area contributed by atoms with E-state index in [4.69, 9.17) is 10.5 Å². The van der Waals surface area contributed by atoms with Gasteiger partial charge in [-0.25, -0.2) is 0 Å². The maximum atomic E-state index is 8.90. The van der Waals surface area contributed by atoms with Crippen molar-refractivity contribution in [1.29, 1.82) is 10.5 Å². The fourth-order valence-corrected chi connectivity index (χ4v) is 5.22. The van der Waals surface area contributed by atoms with Gasteiger partial charge in [0.25, 0.3) is 0 Å². The fourth-order valence-electron chi connectivity index (χ4n) is 2.18. The summed E-state index contributed by atoms with van der Waals surface area (Å²) in [5.41, 5.74) is 1.09. The lowest BCUT2D eigenvalue weighted by atomic mass is 10.1. The average molecular weight is 353 g/mol. The monoisotopic (exact) mass is 352 g/mol. The summed E-state index contributed by atoms with van der Waals surface area (Å²) in [4.78, 5) is 7.39. The summed E-state index contributed by atoms with van der Waals surface area (Å²) in [5, 5.41) is 17.8. The van der Waals surface area contributed by atoms with Crippen LogP contribution in [-0.4, -0.2) is 0 Å². The van der Waals surface area contributed by atoms with E-state index in [0.717, 1.165) is 10.4 Å². The first-order valence-corrected chi connectivity index (χ1v) is 9.35. The predicted molar refractivity (Wildman–Crippen MR) is 99.6 cm³/mol. The number of nitriles is 2. The third-order valence-corrected chi connectivity index (χ3v) is 6.87. The smallest absolute Gasteiger partial charge is 0.130 e. The van der Waals surface area contributed by atoms with E-state index in [1.54, 1.807) is 40.1 Å². The number of hydrogen-bond acceptors (Lipinski definition) is 5. The molecule has 0 aliphatic heterocycles. The first-order chi connectivity index (χ1) is 11.1. The second-order valence-corrected chi connectivity index (χ2v) is 8.61. The summed E-state index contributed by atoms with van der Waals surface area (Å²) in [7, 11) is 0. The molecule has 0 radical (unpaired) electrons. The van der Waals surface area contributed by atoms with E-state index in [1.807, 2.05) is 19.1 Å². The van der Waals surface area contributed by atoms with E-state index in [1.165, 1.54) is 24.4 Å². The van der Waals surface area contributed by atoms with Gasteiger partial charge in [-0.2, -0.15) is 10.5 Å². The molecule has 3 heterocycles. The van der Waals surface area contributed by atoms with Crippen molar-refractivity contribution in [3.05, 3.63) is 51.2 Å². The van der Waals surface area contributed by atoms with Crippen LogP contribution in [0.2, 0.25) is 0 Å². The van der Waals surface area contributed by atoms with Crippen LogP contribution in [0.3, 0.4) is 0 Å². The van der Waals surface area contributed by atoms with Crippen molar-refractivity contribution in [2.24, 2.45) is 0 Å². The maximum absolute atomic E-state index is 8.90. The number of rotatable bonds is 3. The van der Waals surface area contributed by atoms with Gasteiger partial charge in [0.15, 0.2) is 0 Å². The zero-order valence-electron chi connectivity index (χ0n) is 12.6. The summed E-state index contributed by atoms with van der Waals surface area (Å²) in [5.74, 6) is 0. The highest BCUT2D eigenvalue weighted by atomic mass is 32.1. The van der Waals surface area contributed by atoms with E-state index >= 15 is 0 Å². The number of aryl methyl sites for hydroxylation is 2. The molecule has 0 amide bonds. The van der Waals surface area contributed by atoms with Crippen LogP contribution in [0.5, 0.6) is 0 Å². The molecule has 2 nitrogen and oxygen atoms in total. The Balaban J connectivity index is 1.95. The van der Waals surface area contributed by atoms with Crippen molar-refractivity contribution in [3.63, 3.8) is 0 Å². The molecule has 3 rings (SSSR count). The van der Waals surface area contributed by atoms with Crippen molar-refractivity contribution >= 4 is 40.1 Å². The lowest BCUT2D eigenvalue weighted by Crippen LogP contribution is -1.74. The van der Waals surface area contributed by atoms with Gasteiger partial charge >= 0.3 is 0 Å². The topological polar surface area (TPSA) is 47.6 Å². The first-order valence-electron chi connectivity index (χ1n) is 6.90. The molecule has 112 valence electrons. The molecule has 0 aromatic carbocycles. The van der Waals surface area contributed by atoms with Gasteiger partial charge in [0.05, 0.1) is 0 Å². The zero-order chi connectivity index (χ0) is 16.4. The van der Waals surface area contributed by atoms with Crippen LogP contribution in [0.25, 0.3) is 25.6 Å². The zero-order valence-corrected chi connectivity index (χ0v) is 15.0. The Morgan fingerprint density at radius 2 is 1.48 bits per heavy atom. The molecule has 0 spiro atoms. The molecule has 0 fully saturated rings. The van der Waals surface area contributed by atoms with Crippen LogP contribution >= 0.6 is 34.0 Å². The van der Waals surface area contributed by atoms with Gasteiger partial charge in [-0.3, -0.25) is 0 Å². The largest absolute Gasteiger partial charge is 0.192 e. The molecule has 0 bridgehead atoms. The fraction of sp³-hybridized carbons (Fsp3) is 0.111. The maximum Gasteiger partial charge on any atom is 0.130 e. The molecule has 3 aromatic rings. The minimum atomic E-state index is 0.137. The highest BCUT2D eigenvalue weighted by Gasteiger charge is 2.11. The number of hydrogen-bond donors (Lipinski definition) is 0. The number of thiophene rings is 3. The second kappa shape index (κ2) is 6.52. The highest BCUT2D eigenvalue weighted by Crippen LogP contribution is 2.41.